The van der Waals surface area contributed by atoms with E-state index in [0.717, 1.165) is 29.8 Å². The Balaban J connectivity index is 0.00000300. The van der Waals surface area contributed by atoms with Gasteiger partial charge in [-0.15, -0.1) is 12.4 Å². The number of fused-ring (bicyclic) bond motifs is 1. The minimum Gasteiger partial charge on any atom is -0.338 e. The Kier molecular flexibility index (Phi) is 7.81. The van der Waals surface area contributed by atoms with Crippen molar-refractivity contribution in [3.63, 3.8) is 0 Å². The van der Waals surface area contributed by atoms with Gasteiger partial charge in [0.1, 0.15) is 0 Å². The molecule has 158 valence electrons. The maximum Gasteiger partial charge on any atom is 0.328 e. The van der Waals surface area contributed by atoms with Gasteiger partial charge in [0.05, 0.1) is 4.90 Å². The first-order chi connectivity index (χ1) is 13.2. The lowest BCUT2D eigenvalue weighted by Crippen LogP contribution is -2.39. The van der Waals surface area contributed by atoms with Crippen molar-refractivity contribution < 1.29 is 13.2 Å². The number of carbonyl (C=O) groups excluding carboxylic acids is 1. The first kappa shape index (κ1) is 23.8. The van der Waals surface area contributed by atoms with Crippen LogP contribution in [0.2, 0.25) is 10.0 Å². The number of amides is 2. The number of nitrogens with zero attached hydrogens (tertiary/aromatic N) is 1. The molecule has 1 atom stereocenters. The lowest BCUT2D eigenvalue weighted by Gasteiger charge is -2.33. The number of benzene rings is 2. The fraction of sp³-hybridized carbons (Fsp3) is 0.316. The van der Waals surface area contributed by atoms with Gasteiger partial charge in [-0.05, 0) is 54.9 Å². The molecule has 1 heterocycles. The fourth-order valence-electron chi connectivity index (χ4n) is 3.39. The summed E-state index contributed by atoms with van der Waals surface area (Å²) in [5, 5.41) is 3.60. The van der Waals surface area contributed by atoms with Crippen LogP contribution in [0.25, 0.3) is 0 Å². The van der Waals surface area contributed by atoms with Crippen molar-refractivity contribution in [1.29, 1.82) is 0 Å². The van der Waals surface area contributed by atoms with Crippen LogP contribution in [0.1, 0.15) is 29.5 Å². The van der Waals surface area contributed by atoms with Crippen LogP contribution in [0.5, 0.6) is 0 Å². The van der Waals surface area contributed by atoms with Crippen LogP contribution >= 0.6 is 35.6 Å². The van der Waals surface area contributed by atoms with Crippen LogP contribution in [0, 0.1) is 0 Å². The van der Waals surface area contributed by atoms with Crippen LogP contribution in [0.4, 0.5) is 4.79 Å². The summed E-state index contributed by atoms with van der Waals surface area (Å²) in [4.78, 5) is 13.7. The van der Waals surface area contributed by atoms with E-state index in [0.29, 0.717) is 16.6 Å². The molecule has 2 aromatic carbocycles. The van der Waals surface area contributed by atoms with E-state index in [1.807, 2.05) is 17.8 Å². The first-order valence-corrected chi connectivity index (χ1v) is 11.0. The van der Waals surface area contributed by atoms with Crippen molar-refractivity contribution in [1.82, 2.24) is 14.9 Å². The summed E-state index contributed by atoms with van der Waals surface area (Å²) in [5.41, 5.74) is 3.02. The zero-order valence-corrected chi connectivity index (χ0v) is 19.1. The molecule has 2 amide bonds. The predicted molar refractivity (Wildman–Crippen MR) is 118 cm³/mol. The molecule has 0 aromatic heterocycles. The minimum absolute atomic E-state index is 0. The van der Waals surface area contributed by atoms with Crippen LogP contribution < -0.4 is 10.0 Å². The van der Waals surface area contributed by atoms with Crippen LogP contribution in [0.15, 0.2) is 41.3 Å². The van der Waals surface area contributed by atoms with Crippen molar-refractivity contribution in [2.45, 2.75) is 24.3 Å². The second-order valence-electron chi connectivity index (χ2n) is 6.74. The summed E-state index contributed by atoms with van der Waals surface area (Å²) in [6, 6.07) is 9.42. The minimum atomic E-state index is -3.93. The van der Waals surface area contributed by atoms with Crippen molar-refractivity contribution in [3.8, 4) is 0 Å². The third-order valence-corrected chi connectivity index (χ3v) is 6.55. The molecule has 1 aliphatic heterocycles. The largest absolute Gasteiger partial charge is 0.338 e. The molecule has 3 rings (SSSR count). The van der Waals surface area contributed by atoms with Gasteiger partial charge in [0.2, 0.25) is 0 Å². The Labute approximate surface area is 187 Å². The molecular weight excluding hydrogens is 457 g/mol. The van der Waals surface area contributed by atoms with E-state index in [2.05, 4.69) is 10.2 Å². The quantitative estimate of drug-likeness (QED) is 0.696. The molecule has 0 radical (unpaired) electrons. The molecule has 2 aromatic rings. The third-order valence-electron chi connectivity index (χ3n) is 4.65. The molecule has 0 spiro atoms. The third kappa shape index (κ3) is 5.35. The van der Waals surface area contributed by atoms with Crippen LogP contribution in [-0.4, -0.2) is 39.5 Å². The number of hydrogen-bond acceptors (Lipinski definition) is 4. The topological polar surface area (TPSA) is 78.5 Å². The molecule has 6 nitrogen and oxygen atoms in total. The summed E-state index contributed by atoms with van der Waals surface area (Å²) >= 11 is 12.6. The van der Waals surface area contributed by atoms with E-state index < -0.39 is 16.1 Å². The van der Waals surface area contributed by atoms with Crippen molar-refractivity contribution in [2.75, 3.05) is 20.1 Å². The van der Waals surface area contributed by atoms with Gasteiger partial charge < -0.3 is 10.2 Å². The van der Waals surface area contributed by atoms with Gasteiger partial charge >= 0.3 is 6.03 Å². The smallest absolute Gasteiger partial charge is 0.328 e. The standard InChI is InChI=1S/C19H21Cl2N3O3S.ClH/c1-3-22-19(25)23-28(26,27)14-6-4-12(5-7-14)16-10-24(2)11-17-15(16)8-13(20)9-18(17)21;/h4-9,16H,3,10-11H2,1-2H3,(H2,22,23,25);1H. The number of carbonyl (C=O) groups is 1. The zero-order valence-electron chi connectivity index (χ0n) is 15.9. The number of hydrogen-bond donors (Lipinski definition) is 2. The Bertz CT molecular complexity index is 998. The SMILES string of the molecule is CCNC(=O)NS(=O)(=O)c1ccc(C2CN(C)Cc3c(Cl)cc(Cl)cc32)cc1.Cl. The summed E-state index contributed by atoms with van der Waals surface area (Å²) in [5.74, 6) is 0.0121. The summed E-state index contributed by atoms with van der Waals surface area (Å²) in [6.07, 6.45) is 0. The highest BCUT2D eigenvalue weighted by molar-refractivity contribution is 7.90. The maximum absolute atomic E-state index is 12.3. The maximum atomic E-state index is 12.3. The Morgan fingerprint density at radius 1 is 1.21 bits per heavy atom. The normalized spacial score (nSPS) is 16.5. The highest BCUT2D eigenvalue weighted by atomic mass is 35.5. The Morgan fingerprint density at radius 2 is 1.86 bits per heavy atom. The molecule has 0 bridgehead atoms. The van der Waals surface area contributed by atoms with E-state index in [1.54, 1.807) is 25.1 Å². The first-order valence-electron chi connectivity index (χ1n) is 8.78. The molecule has 2 N–H and O–H groups in total. The van der Waals surface area contributed by atoms with Crippen LogP contribution in [-0.2, 0) is 16.6 Å². The van der Waals surface area contributed by atoms with Gasteiger partial charge in [-0.1, -0.05) is 35.3 Å². The van der Waals surface area contributed by atoms with Gasteiger partial charge in [0.25, 0.3) is 10.0 Å². The van der Waals surface area contributed by atoms with Gasteiger partial charge in [0.15, 0.2) is 0 Å². The van der Waals surface area contributed by atoms with Gasteiger partial charge in [-0.25, -0.2) is 17.9 Å². The highest BCUT2D eigenvalue weighted by Gasteiger charge is 2.27. The van der Waals surface area contributed by atoms with Gasteiger partial charge in [0, 0.05) is 35.6 Å². The monoisotopic (exact) mass is 477 g/mol. The summed E-state index contributed by atoms with van der Waals surface area (Å²) in [6.45, 7) is 3.52. The number of sulfonamides is 1. The average molecular weight is 479 g/mol. The molecule has 1 aliphatic rings. The predicted octanol–water partition coefficient (Wildman–Crippen LogP) is 4.00. The van der Waals surface area contributed by atoms with E-state index >= 15 is 0 Å². The molecule has 0 fully saturated rings. The lowest BCUT2D eigenvalue weighted by molar-refractivity contribution is 0.246. The highest BCUT2D eigenvalue weighted by Crippen LogP contribution is 2.38. The second-order valence-corrected chi connectivity index (χ2v) is 9.26. The molecule has 0 saturated carbocycles. The molecule has 29 heavy (non-hydrogen) atoms. The summed E-state index contributed by atoms with van der Waals surface area (Å²) < 4.78 is 26.6. The van der Waals surface area contributed by atoms with Crippen molar-refractivity contribution >= 4 is 51.7 Å². The summed E-state index contributed by atoms with van der Waals surface area (Å²) in [7, 11) is -1.92. The van der Waals surface area contributed by atoms with Gasteiger partial charge in [-0.3, -0.25) is 0 Å². The van der Waals surface area contributed by atoms with Crippen molar-refractivity contribution in [3.05, 3.63) is 63.1 Å². The molecule has 0 aliphatic carbocycles. The van der Waals surface area contributed by atoms with E-state index in [9.17, 15) is 13.2 Å². The lowest BCUT2D eigenvalue weighted by atomic mass is 9.85. The molecule has 0 saturated heterocycles. The van der Waals surface area contributed by atoms with E-state index in [1.165, 1.54) is 12.1 Å². The number of likely N-dealkylation sites (N-methyl/N-ethyl adjacent to an activating group) is 1. The average Bonchev–Trinajstić information content (AvgIpc) is 2.62. The van der Waals surface area contributed by atoms with E-state index in [-0.39, 0.29) is 23.2 Å². The Morgan fingerprint density at radius 3 is 2.48 bits per heavy atom. The molecular formula is C19H22Cl3N3O3S. The van der Waals surface area contributed by atoms with Crippen LogP contribution in [0.3, 0.4) is 0 Å². The second kappa shape index (κ2) is 9.53. The van der Waals surface area contributed by atoms with Crippen molar-refractivity contribution in [2.24, 2.45) is 0 Å². The molecule has 1 unspecified atom stereocenters. The van der Waals surface area contributed by atoms with Gasteiger partial charge in [-0.2, -0.15) is 0 Å². The van der Waals surface area contributed by atoms with E-state index in [4.69, 9.17) is 23.2 Å². The molecule has 10 heteroatoms. The zero-order chi connectivity index (χ0) is 20.5. The number of urea groups is 1. The number of halogens is 3. The number of nitrogens with one attached hydrogen (secondary N) is 2. The fourth-order valence-corrected chi connectivity index (χ4v) is 4.88. The number of rotatable bonds is 4. The Hall–Kier alpha value is -1.51.